The van der Waals surface area contributed by atoms with Crippen LogP contribution in [0.3, 0.4) is 0 Å². The highest BCUT2D eigenvalue weighted by Crippen LogP contribution is 2.21. The number of benzene rings is 1. The fourth-order valence-electron chi connectivity index (χ4n) is 4.87. The van der Waals surface area contributed by atoms with E-state index in [1.807, 2.05) is 30.3 Å². The van der Waals surface area contributed by atoms with E-state index in [0.29, 0.717) is 38.8 Å². The average Bonchev–Trinajstić information content (AvgIpc) is 3.43. The Morgan fingerprint density at radius 2 is 1.56 bits per heavy atom. The summed E-state index contributed by atoms with van der Waals surface area (Å²) in [5.41, 5.74) is -0.594. The number of carbonyl (C=O) groups is 5. The molecule has 1 heterocycles. The van der Waals surface area contributed by atoms with Crippen LogP contribution in [0, 0.1) is 0 Å². The summed E-state index contributed by atoms with van der Waals surface area (Å²) in [6.45, 7) is 11.0. The smallest absolute Gasteiger partial charge is 0.408 e. The van der Waals surface area contributed by atoms with E-state index in [1.165, 1.54) is 4.90 Å². The molecule has 1 aliphatic heterocycles. The number of hydrogen-bond donors (Lipinski definition) is 4. The second-order valence-electron chi connectivity index (χ2n) is 13.1. The number of carbonyl (C=O) groups excluding carboxylic acids is 5. The number of nitrogens with one attached hydrogen (secondary N) is 3. The van der Waals surface area contributed by atoms with Crippen LogP contribution in [-0.4, -0.2) is 95.6 Å². The van der Waals surface area contributed by atoms with E-state index in [-0.39, 0.29) is 12.8 Å². The van der Waals surface area contributed by atoms with Crippen LogP contribution in [0.4, 0.5) is 9.59 Å². The number of amides is 4. The van der Waals surface area contributed by atoms with Gasteiger partial charge in [-0.15, -0.1) is 0 Å². The zero-order valence-corrected chi connectivity index (χ0v) is 27.5. The summed E-state index contributed by atoms with van der Waals surface area (Å²) in [7, 11) is 1.14. The molecule has 1 saturated heterocycles. The number of methoxy groups -OCH3 is 1. The predicted octanol–water partition coefficient (Wildman–Crippen LogP) is 2.83. The van der Waals surface area contributed by atoms with E-state index < -0.39 is 65.4 Å². The molecule has 1 fully saturated rings. The molecule has 13 heteroatoms. The molecule has 252 valence electrons. The van der Waals surface area contributed by atoms with Crippen molar-refractivity contribution >= 4 is 30.0 Å². The normalized spacial score (nSPS) is 17.0. The Morgan fingerprint density at radius 3 is 2.16 bits per heavy atom. The molecule has 4 N–H and O–H groups in total. The second kappa shape index (κ2) is 17.0. The SMILES string of the molecule is COC(=O)C(O)[C@H](CCCCNC(=O)OC(C)(C)C)NC(=O)[C@@H]1CCCN1C(=O)[C@@H](Cc1ccccc1)NC(=O)OC(C)(C)C. The van der Waals surface area contributed by atoms with Crippen molar-refractivity contribution in [2.24, 2.45) is 0 Å². The van der Waals surface area contributed by atoms with E-state index in [1.54, 1.807) is 41.5 Å². The van der Waals surface area contributed by atoms with Crippen LogP contribution in [0.2, 0.25) is 0 Å². The second-order valence-corrected chi connectivity index (χ2v) is 13.1. The largest absolute Gasteiger partial charge is 0.467 e. The Balaban J connectivity index is 2.11. The Morgan fingerprint density at radius 1 is 0.933 bits per heavy atom. The first-order chi connectivity index (χ1) is 21.0. The van der Waals surface area contributed by atoms with E-state index in [4.69, 9.17) is 14.2 Å². The molecule has 4 atom stereocenters. The minimum Gasteiger partial charge on any atom is -0.467 e. The number of ether oxygens (including phenoxy) is 3. The third kappa shape index (κ3) is 13.3. The molecule has 1 unspecified atom stereocenters. The number of aliphatic hydroxyl groups is 1. The summed E-state index contributed by atoms with van der Waals surface area (Å²) >= 11 is 0. The summed E-state index contributed by atoms with van der Waals surface area (Å²) in [6.07, 6.45) is -0.702. The molecule has 0 radical (unpaired) electrons. The zero-order valence-electron chi connectivity index (χ0n) is 27.5. The quantitative estimate of drug-likeness (QED) is 0.145. The van der Waals surface area contributed by atoms with Crippen molar-refractivity contribution in [2.75, 3.05) is 20.2 Å². The van der Waals surface area contributed by atoms with E-state index in [2.05, 4.69) is 16.0 Å². The lowest BCUT2D eigenvalue weighted by atomic mass is 10.0. The summed E-state index contributed by atoms with van der Waals surface area (Å²) in [5.74, 6) is -1.88. The maximum atomic E-state index is 13.8. The minimum absolute atomic E-state index is 0.185. The summed E-state index contributed by atoms with van der Waals surface area (Å²) < 4.78 is 15.3. The van der Waals surface area contributed by atoms with Crippen LogP contribution in [0.5, 0.6) is 0 Å². The van der Waals surface area contributed by atoms with Crippen molar-refractivity contribution in [1.29, 1.82) is 0 Å². The van der Waals surface area contributed by atoms with Crippen LogP contribution in [0.25, 0.3) is 0 Å². The fourth-order valence-corrected chi connectivity index (χ4v) is 4.87. The highest BCUT2D eigenvalue weighted by molar-refractivity contribution is 5.92. The van der Waals surface area contributed by atoms with Gasteiger partial charge in [0, 0.05) is 19.5 Å². The monoisotopic (exact) mass is 634 g/mol. The molecule has 0 aliphatic carbocycles. The van der Waals surface area contributed by atoms with Crippen molar-refractivity contribution < 1.29 is 43.3 Å². The number of alkyl carbamates (subject to hydrolysis) is 2. The van der Waals surface area contributed by atoms with Gasteiger partial charge in [-0.25, -0.2) is 14.4 Å². The van der Waals surface area contributed by atoms with Gasteiger partial charge in [0.15, 0.2) is 6.10 Å². The maximum absolute atomic E-state index is 13.8. The predicted molar refractivity (Wildman–Crippen MR) is 166 cm³/mol. The van der Waals surface area contributed by atoms with E-state index in [9.17, 15) is 29.1 Å². The minimum atomic E-state index is -1.64. The van der Waals surface area contributed by atoms with Gasteiger partial charge in [-0.1, -0.05) is 30.3 Å². The lowest BCUT2D eigenvalue weighted by molar-refractivity contribution is -0.153. The first-order valence-electron chi connectivity index (χ1n) is 15.4. The third-order valence-electron chi connectivity index (χ3n) is 6.87. The Hall–Kier alpha value is -3.87. The molecule has 0 saturated carbocycles. The molecular weight excluding hydrogens is 584 g/mol. The van der Waals surface area contributed by atoms with Gasteiger partial charge in [-0.05, 0) is 79.2 Å². The van der Waals surface area contributed by atoms with Crippen molar-refractivity contribution in [2.45, 2.75) is 115 Å². The topological polar surface area (TPSA) is 173 Å². The highest BCUT2D eigenvalue weighted by Gasteiger charge is 2.40. The number of rotatable bonds is 13. The zero-order chi connectivity index (χ0) is 33.8. The van der Waals surface area contributed by atoms with E-state index >= 15 is 0 Å². The maximum Gasteiger partial charge on any atom is 0.408 e. The number of unbranched alkanes of at least 4 members (excludes halogenated alkanes) is 1. The van der Waals surface area contributed by atoms with Gasteiger partial charge in [0.05, 0.1) is 13.2 Å². The number of likely N-dealkylation sites (tertiary alicyclic amines) is 1. The third-order valence-corrected chi connectivity index (χ3v) is 6.87. The Bertz CT molecular complexity index is 1150. The van der Waals surface area contributed by atoms with Gasteiger partial charge < -0.3 is 40.2 Å². The van der Waals surface area contributed by atoms with Crippen LogP contribution in [0.1, 0.15) is 79.2 Å². The molecular formula is C32H50N4O9. The molecule has 13 nitrogen and oxygen atoms in total. The molecule has 4 amide bonds. The number of aliphatic hydroxyl groups excluding tert-OH is 1. The lowest BCUT2D eigenvalue weighted by Crippen LogP contribution is -2.57. The first-order valence-corrected chi connectivity index (χ1v) is 15.4. The first kappa shape index (κ1) is 37.3. The number of nitrogens with zero attached hydrogens (tertiary/aromatic N) is 1. The summed E-state index contributed by atoms with van der Waals surface area (Å²) in [6, 6.07) is 6.32. The summed E-state index contributed by atoms with van der Waals surface area (Å²) in [4.78, 5) is 65.5. The molecule has 1 aromatic carbocycles. The molecule has 0 spiro atoms. The summed E-state index contributed by atoms with van der Waals surface area (Å²) in [5, 5.41) is 18.7. The Kier molecular flexibility index (Phi) is 14.1. The molecule has 1 aromatic rings. The van der Waals surface area contributed by atoms with Crippen molar-refractivity contribution in [3.8, 4) is 0 Å². The van der Waals surface area contributed by atoms with Crippen LogP contribution < -0.4 is 16.0 Å². The Labute approximate surface area is 265 Å². The molecule has 0 bridgehead atoms. The lowest BCUT2D eigenvalue weighted by Gasteiger charge is -2.31. The highest BCUT2D eigenvalue weighted by atomic mass is 16.6. The van der Waals surface area contributed by atoms with Crippen LogP contribution in [0.15, 0.2) is 30.3 Å². The van der Waals surface area contributed by atoms with Crippen molar-refractivity contribution in [1.82, 2.24) is 20.9 Å². The molecule has 2 rings (SSSR count). The van der Waals surface area contributed by atoms with Gasteiger partial charge in [0.2, 0.25) is 11.8 Å². The standard InChI is InChI=1S/C32H50N4O9/c1-31(2,3)44-29(41)33-18-12-11-16-22(25(37)28(40)43-7)34-26(38)24-17-13-19-36(24)27(39)23(20-21-14-9-8-10-15-21)35-30(42)45-32(4,5)6/h8-10,14-15,22-25,37H,11-13,16-20H2,1-7H3,(H,33,41)(H,34,38)(H,35,42)/t22-,23+,24-,25?/m0/s1. The van der Waals surface area contributed by atoms with Gasteiger partial charge in [-0.3, -0.25) is 9.59 Å². The van der Waals surface area contributed by atoms with Crippen molar-refractivity contribution in [3.05, 3.63) is 35.9 Å². The van der Waals surface area contributed by atoms with Gasteiger partial charge in [0.25, 0.3) is 0 Å². The van der Waals surface area contributed by atoms with Crippen molar-refractivity contribution in [3.63, 3.8) is 0 Å². The fraction of sp³-hybridized carbons (Fsp3) is 0.656. The molecule has 1 aliphatic rings. The number of hydrogen-bond acceptors (Lipinski definition) is 9. The van der Waals surface area contributed by atoms with Gasteiger partial charge in [0.1, 0.15) is 23.3 Å². The molecule has 0 aromatic heterocycles. The average molecular weight is 635 g/mol. The number of esters is 1. The van der Waals surface area contributed by atoms with Crippen LogP contribution in [-0.2, 0) is 35.0 Å². The van der Waals surface area contributed by atoms with Crippen LogP contribution >= 0.6 is 0 Å². The van der Waals surface area contributed by atoms with Gasteiger partial charge >= 0.3 is 18.2 Å². The molecule has 45 heavy (non-hydrogen) atoms. The van der Waals surface area contributed by atoms with E-state index in [0.717, 1.165) is 12.7 Å². The van der Waals surface area contributed by atoms with Gasteiger partial charge in [-0.2, -0.15) is 0 Å².